The van der Waals surface area contributed by atoms with Gasteiger partial charge in [0.05, 0.1) is 12.3 Å². The number of hydrogen-bond donors (Lipinski definition) is 2. The zero-order chi connectivity index (χ0) is 12.0. The molecule has 0 aliphatic heterocycles. The number of nitrogens with one attached hydrogen (secondary N) is 1. The standard InChI is InChI=1S/C12H14N2OS/c1-3-7-14-12(15)8-16-11-6-4-5-10(13)9(11)2/h1,4-6H,7-8,13H2,2H3,(H,14,15). The van der Waals surface area contributed by atoms with E-state index in [1.165, 1.54) is 11.8 Å². The highest BCUT2D eigenvalue weighted by atomic mass is 32.2. The van der Waals surface area contributed by atoms with Gasteiger partial charge in [0.2, 0.25) is 5.91 Å². The minimum atomic E-state index is -0.0650. The molecule has 3 N–H and O–H groups in total. The Morgan fingerprint density at radius 1 is 1.62 bits per heavy atom. The first kappa shape index (κ1) is 12.5. The minimum Gasteiger partial charge on any atom is -0.398 e. The number of nitrogen functional groups attached to an aromatic ring is 1. The van der Waals surface area contributed by atoms with Gasteiger partial charge in [0.15, 0.2) is 0 Å². The van der Waals surface area contributed by atoms with Crippen molar-refractivity contribution in [2.75, 3.05) is 18.0 Å². The maximum absolute atomic E-state index is 11.3. The lowest BCUT2D eigenvalue weighted by molar-refractivity contribution is -0.118. The van der Waals surface area contributed by atoms with Gasteiger partial charge in [0.25, 0.3) is 0 Å². The normalized spacial score (nSPS) is 9.50. The summed E-state index contributed by atoms with van der Waals surface area (Å²) >= 11 is 1.46. The summed E-state index contributed by atoms with van der Waals surface area (Å²) in [5.74, 6) is 2.64. The molecule has 4 heteroatoms. The summed E-state index contributed by atoms with van der Waals surface area (Å²) in [5.41, 5.74) is 7.52. The molecule has 0 fully saturated rings. The molecule has 0 atom stereocenters. The molecular weight excluding hydrogens is 220 g/mol. The summed E-state index contributed by atoms with van der Waals surface area (Å²) < 4.78 is 0. The number of nitrogens with two attached hydrogens (primary N) is 1. The lowest BCUT2D eigenvalue weighted by Gasteiger charge is -2.07. The minimum absolute atomic E-state index is 0.0650. The second-order valence-corrected chi connectivity index (χ2v) is 4.26. The van der Waals surface area contributed by atoms with Gasteiger partial charge in [-0.1, -0.05) is 12.0 Å². The van der Waals surface area contributed by atoms with Crippen molar-refractivity contribution in [3.8, 4) is 12.3 Å². The molecule has 0 saturated heterocycles. The average molecular weight is 234 g/mol. The SMILES string of the molecule is C#CCNC(=O)CSc1cccc(N)c1C. The van der Waals surface area contributed by atoms with E-state index in [2.05, 4.69) is 11.2 Å². The van der Waals surface area contributed by atoms with Crippen LogP contribution in [0.2, 0.25) is 0 Å². The highest BCUT2D eigenvalue weighted by Crippen LogP contribution is 2.25. The van der Waals surface area contributed by atoms with Crippen LogP contribution in [0.1, 0.15) is 5.56 Å². The molecule has 1 aromatic rings. The van der Waals surface area contributed by atoms with Crippen molar-refractivity contribution in [1.29, 1.82) is 0 Å². The second-order valence-electron chi connectivity index (χ2n) is 3.24. The van der Waals surface area contributed by atoms with Crippen LogP contribution in [0.4, 0.5) is 5.69 Å². The highest BCUT2D eigenvalue weighted by Gasteiger charge is 2.05. The first-order valence-corrected chi connectivity index (χ1v) is 5.81. The number of carbonyl (C=O) groups excluding carboxylic acids is 1. The Morgan fingerprint density at radius 2 is 2.38 bits per heavy atom. The van der Waals surface area contributed by atoms with Gasteiger partial charge in [-0.15, -0.1) is 18.2 Å². The van der Waals surface area contributed by atoms with Crippen molar-refractivity contribution in [2.24, 2.45) is 0 Å². The molecule has 0 saturated carbocycles. The molecule has 0 radical (unpaired) electrons. The van der Waals surface area contributed by atoms with Crippen LogP contribution < -0.4 is 11.1 Å². The first-order chi connectivity index (χ1) is 7.65. The Bertz CT molecular complexity index is 424. The number of rotatable bonds is 4. The molecule has 1 rings (SSSR count). The number of benzene rings is 1. The van der Waals surface area contributed by atoms with Crippen molar-refractivity contribution in [1.82, 2.24) is 5.32 Å². The fourth-order valence-electron chi connectivity index (χ4n) is 1.13. The average Bonchev–Trinajstić information content (AvgIpc) is 2.28. The van der Waals surface area contributed by atoms with Gasteiger partial charge in [0, 0.05) is 10.6 Å². The molecule has 0 unspecified atom stereocenters. The molecular formula is C12H14N2OS. The molecule has 16 heavy (non-hydrogen) atoms. The van der Waals surface area contributed by atoms with Gasteiger partial charge >= 0.3 is 0 Å². The van der Waals surface area contributed by atoms with Crippen LogP contribution in [-0.2, 0) is 4.79 Å². The Labute approximate surface area is 99.8 Å². The predicted octanol–water partition coefficient (Wildman–Crippen LogP) is 1.42. The number of amides is 1. The molecule has 0 heterocycles. The number of carbonyl (C=O) groups is 1. The summed E-state index contributed by atoms with van der Waals surface area (Å²) in [7, 11) is 0. The molecule has 1 amide bonds. The Balaban J connectivity index is 2.52. The quantitative estimate of drug-likeness (QED) is 0.470. The smallest absolute Gasteiger partial charge is 0.231 e. The topological polar surface area (TPSA) is 55.1 Å². The molecule has 0 aliphatic rings. The molecule has 0 spiro atoms. The second kappa shape index (κ2) is 6.09. The van der Waals surface area contributed by atoms with E-state index in [9.17, 15) is 4.79 Å². The molecule has 1 aromatic carbocycles. The third-order valence-electron chi connectivity index (χ3n) is 2.07. The van der Waals surface area contributed by atoms with E-state index in [-0.39, 0.29) is 12.5 Å². The lowest BCUT2D eigenvalue weighted by Crippen LogP contribution is -2.25. The summed E-state index contributed by atoms with van der Waals surface area (Å²) in [5, 5.41) is 2.61. The summed E-state index contributed by atoms with van der Waals surface area (Å²) in [4.78, 5) is 12.3. The number of anilines is 1. The Kier molecular flexibility index (Phi) is 4.74. The van der Waals surface area contributed by atoms with Crippen molar-refractivity contribution < 1.29 is 4.79 Å². The summed E-state index contributed by atoms with van der Waals surface area (Å²) in [6.07, 6.45) is 5.04. The molecule has 0 aliphatic carbocycles. The highest BCUT2D eigenvalue weighted by molar-refractivity contribution is 8.00. The van der Waals surface area contributed by atoms with E-state index in [0.717, 1.165) is 16.1 Å². The van der Waals surface area contributed by atoms with E-state index >= 15 is 0 Å². The van der Waals surface area contributed by atoms with E-state index in [0.29, 0.717) is 5.75 Å². The van der Waals surface area contributed by atoms with Gasteiger partial charge in [-0.25, -0.2) is 0 Å². The van der Waals surface area contributed by atoms with Crippen LogP contribution in [0, 0.1) is 19.3 Å². The van der Waals surface area contributed by atoms with Crippen LogP contribution >= 0.6 is 11.8 Å². The van der Waals surface area contributed by atoms with Crippen LogP contribution in [0.3, 0.4) is 0 Å². The maximum atomic E-state index is 11.3. The zero-order valence-electron chi connectivity index (χ0n) is 9.12. The number of thioether (sulfide) groups is 1. The van der Waals surface area contributed by atoms with Gasteiger partial charge in [-0.2, -0.15) is 0 Å². The lowest BCUT2D eigenvalue weighted by atomic mass is 10.2. The van der Waals surface area contributed by atoms with Crippen molar-refractivity contribution in [3.05, 3.63) is 23.8 Å². The predicted molar refractivity (Wildman–Crippen MR) is 68.2 cm³/mol. The third kappa shape index (κ3) is 3.52. The van der Waals surface area contributed by atoms with Gasteiger partial charge < -0.3 is 11.1 Å². The molecule has 0 bridgehead atoms. The van der Waals surface area contributed by atoms with Crippen molar-refractivity contribution in [3.63, 3.8) is 0 Å². The number of hydrogen-bond acceptors (Lipinski definition) is 3. The van der Waals surface area contributed by atoms with Gasteiger partial charge in [-0.05, 0) is 24.6 Å². The van der Waals surface area contributed by atoms with Crippen LogP contribution in [0.15, 0.2) is 23.1 Å². The monoisotopic (exact) mass is 234 g/mol. The molecule has 0 aromatic heterocycles. The van der Waals surface area contributed by atoms with Crippen LogP contribution in [0.25, 0.3) is 0 Å². The van der Waals surface area contributed by atoms with E-state index < -0.39 is 0 Å². The maximum Gasteiger partial charge on any atom is 0.231 e. The summed E-state index contributed by atoms with van der Waals surface area (Å²) in [6, 6.07) is 5.67. The largest absolute Gasteiger partial charge is 0.398 e. The molecule has 84 valence electrons. The van der Waals surface area contributed by atoms with Crippen LogP contribution in [-0.4, -0.2) is 18.2 Å². The fourth-order valence-corrected chi connectivity index (χ4v) is 2.03. The summed E-state index contributed by atoms with van der Waals surface area (Å²) in [6.45, 7) is 2.21. The van der Waals surface area contributed by atoms with Gasteiger partial charge in [-0.3, -0.25) is 4.79 Å². The van der Waals surface area contributed by atoms with Crippen molar-refractivity contribution in [2.45, 2.75) is 11.8 Å². The van der Waals surface area contributed by atoms with E-state index in [1.54, 1.807) is 0 Å². The van der Waals surface area contributed by atoms with Crippen LogP contribution in [0.5, 0.6) is 0 Å². The van der Waals surface area contributed by atoms with Crippen molar-refractivity contribution >= 4 is 23.4 Å². The fraction of sp³-hybridized carbons (Fsp3) is 0.250. The Morgan fingerprint density at radius 3 is 3.06 bits per heavy atom. The Hall–Kier alpha value is -1.60. The van der Waals surface area contributed by atoms with E-state index in [4.69, 9.17) is 12.2 Å². The first-order valence-electron chi connectivity index (χ1n) is 4.83. The van der Waals surface area contributed by atoms with E-state index in [1.807, 2.05) is 25.1 Å². The number of terminal acetylenes is 1. The third-order valence-corrected chi connectivity index (χ3v) is 3.23. The van der Waals surface area contributed by atoms with Gasteiger partial charge in [0.1, 0.15) is 0 Å². The molecule has 3 nitrogen and oxygen atoms in total. The zero-order valence-corrected chi connectivity index (χ0v) is 9.93.